The summed E-state index contributed by atoms with van der Waals surface area (Å²) in [5.74, 6) is -3.85. The van der Waals surface area contributed by atoms with Crippen LogP contribution < -0.4 is 4.74 Å². The molecular weight excluding hydrogens is 485 g/mol. The third-order valence-corrected chi connectivity index (χ3v) is 6.77. The van der Waals surface area contributed by atoms with Gasteiger partial charge in [0.05, 0.1) is 24.9 Å². The van der Waals surface area contributed by atoms with Crippen LogP contribution in [0.15, 0.2) is 60.7 Å². The molecule has 0 bridgehead atoms. The lowest BCUT2D eigenvalue weighted by Gasteiger charge is -2.28. The Morgan fingerprint density at radius 2 is 1.51 bits per heavy atom. The van der Waals surface area contributed by atoms with Crippen LogP contribution in [0, 0.1) is 17.5 Å². The van der Waals surface area contributed by atoms with Crippen LogP contribution in [0.1, 0.15) is 47.5 Å². The second kappa shape index (κ2) is 11.5. The van der Waals surface area contributed by atoms with Crippen molar-refractivity contribution in [1.29, 1.82) is 0 Å². The molecule has 0 N–H and O–H groups in total. The molecule has 3 aromatic carbocycles. The number of hydrogen-bond acceptors (Lipinski definition) is 5. The van der Waals surface area contributed by atoms with Gasteiger partial charge in [0.25, 0.3) is 0 Å². The first-order valence-corrected chi connectivity index (χ1v) is 12.3. The zero-order chi connectivity index (χ0) is 25.8. The molecule has 2 fully saturated rings. The van der Waals surface area contributed by atoms with E-state index in [1.54, 1.807) is 24.3 Å². The standard InChI is InChI=1S/C29H27F3O5/c30-26-13-22(14-27(31)28(26)32)20-7-11-24(12-8-20)37-29(33)21-3-1-18(2-4-21)19-5-9-23(10-6-19)36-17-34-15-25-16-35-25/h1-4,7-8,11-14,19,23,25H,5-6,9-10,15-17H2. The molecule has 1 saturated carbocycles. The summed E-state index contributed by atoms with van der Waals surface area (Å²) in [5, 5.41) is 0. The fourth-order valence-electron chi connectivity index (χ4n) is 4.55. The van der Waals surface area contributed by atoms with Crippen molar-refractivity contribution in [3.05, 3.63) is 89.2 Å². The quantitative estimate of drug-likeness (QED) is 0.0829. The van der Waals surface area contributed by atoms with Crippen LogP contribution in [0.3, 0.4) is 0 Å². The molecule has 37 heavy (non-hydrogen) atoms. The number of ether oxygens (including phenoxy) is 4. The van der Waals surface area contributed by atoms with Gasteiger partial charge in [-0.25, -0.2) is 18.0 Å². The van der Waals surface area contributed by atoms with E-state index in [2.05, 4.69) is 0 Å². The summed E-state index contributed by atoms with van der Waals surface area (Å²) in [5.41, 5.74) is 2.24. The molecule has 3 aromatic rings. The lowest BCUT2D eigenvalue weighted by atomic mass is 9.82. The maximum atomic E-state index is 13.5. The van der Waals surface area contributed by atoms with Crippen molar-refractivity contribution >= 4 is 5.97 Å². The second-order valence-corrected chi connectivity index (χ2v) is 9.37. The van der Waals surface area contributed by atoms with E-state index in [0.29, 0.717) is 30.4 Å². The minimum atomic E-state index is -1.51. The molecule has 1 unspecified atom stereocenters. The molecule has 1 saturated heterocycles. The summed E-state index contributed by atoms with van der Waals surface area (Å²) in [4.78, 5) is 12.6. The van der Waals surface area contributed by atoms with E-state index in [1.165, 1.54) is 17.7 Å². The molecule has 1 aliphatic carbocycles. The van der Waals surface area contributed by atoms with Crippen molar-refractivity contribution in [2.45, 2.75) is 43.8 Å². The van der Waals surface area contributed by atoms with E-state index >= 15 is 0 Å². The Labute approximate surface area is 213 Å². The Bertz CT molecular complexity index is 1190. The van der Waals surface area contributed by atoms with Gasteiger partial charge in [0.1, 0.15) is 18.6 Å². The number of rotatable bonds is 9. The second-order valence-electron chi connectivity index (χ2n) is 9.37. The molecule has 0 amide bonds. The van der Waals surface area contributed by atoms with Crippen LogP contribution >= 0.6 is 0 Å². The topological polar surface area (TPSA) is 57.3 Å². The van der Waals surface area contributed by atoms with E-state index in [4.69, 9.17) is 18.9 Å². The molecular formula is C29H27F3O5. The summed E-state index contributed by atoms with van der Waals surface area (Å²) in [6.45, 7) is 1.67. The lowest BCUT2D eigenvalue weighted by Crippen LogP contribution is -2.22. The Hall–Kier alpha value is -3.20. The fraction of sp³-hybridized carbons (Fsp3) is 0.345. The molecule has 1 aliphatic heterocycles. The van der Waals surface area contributed by atoms with Gasteiger partial charge < -0.3 is 18.9 Å². The number of carbonyl (C=O) groups excluding carboxylic acids is 1. The number of halogens is 3. The third-order valence-electron chi connectivity index (χ3n) is 6.77. The van der Waals surface area contributed by atoms with Crippen LogP contribution in [-0.4, -0.2) is 38.2 Å². The molecule has 0 spiro atoms. The van der Waals surface area contributed by atoms with Crippen molar-refractivity contribution in [2.24, 2.45) is 0 Å². The number of esters is 1. The number of carbonyl (C=O) groups is 1. The van der Waals surface area contributed by atoms with Gasteiger partial charge in [0.2, 0.25) is 0 Å². The highest BCUT2D eigenvalue weighted by Gasteiger charge is 2.25. The van der Waals surface area contributed by atoms with Crippen LogP contribution in [0.25, 0.3) is 11.1 Å². The molecule has 5 nitrogen and oxygen atoms in total. The molecule has 1 heterocycles. The van der Waals surface area contributed by atoms with Gasteiger partial charge in [-0.2, -0.15) is 0 Å². The van der Waals surface area contributed by atoms with Crippen molar-refractivity contribution in [3.63, 3.8) is 0 Å². The van der Waals surface area contributed by atoms with E-state index in [0.717, 1.165) is 44.4 Å². The zero-order valence-corrected chi connectivity index (χ0v) is 20.1. The monoisotopic (exact) mass is 512 g/mol. The van der Waals surface area contributed by atoms with Gasteiger partial charge in [0.15, 0.2) is 17.5 Å². The number of hydrogen-bond donors (Lipinski definition) is 0. The van der Waals surface area contributed by atoms with E-state index < -0.39 is 23.4 Å². The van der Waals surface area contributed by atoms with E-state index in [1.807, 2.05) is 12.1 Å². The van der Waals surface area contributed by atoms with Gasteiger partial charge >= 0.3 is 5.97 Å². The minimum absolute atomic E-state index is 0.183. The Balaban J connectivity index is 1.11. The maximum Gasteiger partial charge on any atom is 0.343 e. The molecule has 194 valence electrons. The first-order valence-electron chi connectivity index (χ1n) is 12.3. The zero-order valence-electron chi connectivity index (χ0n) is 20.1. The molecule has 5 rings (SSSR count). The SMILES string of the molecule is O=C(Oc1ccc(-c2cc(F)c(F)c(F)c2)cc1)c1ccc(C2CCC(OCOCC3CO3)CC2)cc1. The molecule has 0 aromatic heterocycles. The summed E-state index contributed by atoms with van der Waals surface area (Å²) in [6, 6.07) is 15.4. The van der Waals surface area contributed by atoms with Gasteiger partial charge in [-0.3, -0.25) is 0 Å². The predicted octanol–water partition coefficient (Wildman–Crippen LogP) is 6.41. The normalized spacial score (nSPS) is 21.0. The van der Waals surface area contributed by atoms with Crippen LogP contribution in [-0.2, 0) is 14.2 Å². The van der Waals surface area contributed by atoms with Crippen molar-refractivity contribution < 1.29 is 36.9 Å². The Morgan fingerprint density at radius 3 is 2.14 bits per heavy atom. The third kappa shape index (κ3) is 6.57. The van der Waals surface area contributed by atoms with Crippen molar-refractivity contribution in [3.8, 4) is 16.9 Å². The molecule has 0 radical (unpaired) electrons. The van der Waals surface area contributed by atoms with Crippen molar-refractivity contribution in [2.75, 3.05) is 20.0 Å². The van der Waals surface area contributed by atoms with Crippen LogP contribution in [0.4, 0.5) is 13.2 Å². The summed E-state index contributed by atoms with van der Waals surface area (Å²) in [7, 11) is 0. The molecule has 2 aliphatic rings. The highest BCUT2D eigenvalue weighted by atomic mass is 19.2. The van der Waals surface area contributed by atoms with Gasteiger partial charge in [0, 0.05) is 0 Å². The van der Waals surface area contributed by atoms with E-state index in [9.17, 15) is 18.0 Å². The number of benzene rings is 3. The Morgan fingerprint density at radius 1 is 0.865 bits per heavy atom. The van der Waals surface area contributed by atoms with Crippen molar-refractivity contribution in [1.82, 2.24) is 0 Å². The lowest BCUT2D eigenvalue weighted by molar-refractivity contribution is -0.102. The summed E-state index contributed by atoms with van der Waals surface area (Å²) >= 11 is 0. The molecule has 8 heteroatoms. The maximum absolute atomic E-state index is 13.5. The Kier molecular flexibility index (Phi) is 7.88. The average Bonchev–Trinajstić information content (AvgIpc) is 3.75. The average molecular weight is 513 g/mol. The van der Waals surface area contributed by atoms with Crippen LogP contribution in [0.2, 0.25) is 0 Å². The smallest absolute Gasteiger partial charge is 0.343 e. The highest BCUT2D eigenvalue weighted by molar-refractivity contribution is 5.91. The number of epoxide rings is 1. The minimum Gasteiger partial charge on any atom is -0.423 e. The highest BCUT2D eigenvalue weighted by Crippen LogP contribution is 2.34. The molecule has 1 atom stereocenters. The predicted molar refractivity (Wildman–Crippen MR) is 130 cm³/mol. The first-order chi connectivity index (χ1) is 18.0. The van der Waals surface area contributed by atoms with Gasteiger partial charge in [-0.1, -0.05) is 24.3 Å². The van der Waals surface area contributed by atoms with Gasteiger partial charge in [-0.05, 0) is 84.7 Å². The van der Waals surface area contributed by atoms with Gasteiger partial charge in [-0.15, -0.1) is 0 Å². The first kappa shape index (κ1) is 25.4. The summed E-state index contributed by atoms with van der Waals surface area (Å²) in [6.07, 6.45) is 4.39. The summed E-state index contributed by atoms with van der Waals surface area (Å²) < 4.78 is 62.0. The van der Waals surface area contributed by atoms with Crippen LogP contribution in [0.5, 0.6) is 5.75 Å². The fourth-order valence-corrected chi connectivity index (χ4v) is 4.55. The van der Waals surface area contributed by atoms with E-state index in [-0.39, 0.29) is 23.5 Å². The largest absolute Gasteiger partial charge is 0.423 e.